The number of nitrogens with one attached hydrogen (secondary N) is 1. The molecular weight excluding hydrogens is 329 g/mol. The van der Waals surface area contributed by atoms with Gasteiger partial charge in [0, 0.05) is 11.1 Å². The van der Waals surface area contributed by atoms with Crippen molar-refractivity contribution in [3.8, 4) is 5.75 Å². The van der Waals surface area contributed by atoms with Crippen molar-refractivity contribution >= 4 is 22.4 Å². The monoisotopic (exact) mass is 345 g/mol. The predicted octanol–water partition coefficient (Wildman–Crippen LogP) is 5.09. The maximum absolute atomic E-state index is 13.8. The first-order valence-corrected chi connectivity index (χ1v) is 8.23. The van der Waals surface area contributed by atoms with Crippen LogP contribution in [0.3, 0.4) is 0 Å². The number of para-hydroxylation sites is 1. The molecule has 1 N–H and O–H groups in total. The zero-order chi connectivity index (χ0) is 17.8. The number of nitrogens with zero attached hydrogens (tertiary/aromatic N) is 2. The first kappa shape index (κ1) is 16.0. The fourth-order valence-electron chi connectivity index (χ4n) is 2.66. The fourth-order valence-corrected chi connectivity index (χ4v) is 2.66. The predicted molar refractivity (Wildman–Crippen MR) is 100.0 cm³/mol. The summed E-state index contributed by atoms with van der Waals surface area (Å²) in [5, 5.41) is 3.84. The van der Waals surface area contributed by atoms with Crippen molar-refractivity contribution in [3.05, 3.63) is 90.5 Å². The normalized spacial score (nSPS) is 10.7. The van der Waals surface area contributed by atoms with Crippen molar-refractivity contribution < 1.29 is 9.13 Å². The van der Waals surface area contributed by atoms with Crippen LogP contribution in [0, 0.1) is 5.82 Å². The maximum Gasteiger partial charge on any atom is 0.149 e. The second kappa shape index (κ2) is 7.19. The molecule has 0 unspecified atom stereocenters. The van der Waals surface area contributed by atoms with Crippen LogP contribution in [0.15, 0.2) is 79.1 Å². The lowest BCUT2D eigenvalue weighted by Crippen LogP contribution is -1.98. The standard InChI is InChI=1S/C21H16FN3O/c22-19-8-4-7-18-20(19)23-14-24-21(18)25-16-9-11-17(12-10-16)26-13-15-5-2-1-3-6-15/h1-12,14H,13H2,(H,23,24,25). The van der Waals surface area contributed by atoms with E-state index in [1.165, 1.54) is 12.4 Å². The summed E-state index contributed by atoms with van der Waals surface area (Å²) in [6.45, 7) is 0.517. The molecule has 0 amide bonds. The highest BCUT2D eigenvalue weighted by Crippen LogP contribution is 2.25. The Morgan fingerprint density at radius 1 is 0.846 bits per heavy atom. The Kier molecular flexibility index (Phi) is 4.43. The summed E-state index contributed by atoms with van der Waals surface area (Å²) >= 11 is 0. The van der Waals surface area contributed by atoms with E-state index in [-0.39, 0.29) is 5.82 Å². The number of rotatable bonds is 5. The smallest absolute Gasteiger partial charge is 0.149 e. The van der Waals surface area contributed by atoms with Crippen LogP contribution < -0.4 is 10.1 Å². The average molecular weight is 345 g/mol. The second-order valence-corrected chi connectivity index (χ2v) is 5.78. The number of fused-ring (bicyclic) bond motifs is 1. The molecule has 0 bridgehead atoms. The largest absolute Gasteiger partial charge is 0.489 e. The van der Waals surface area contributed by atoms with E-state index in [0.29, 0.717) is 23.3 Å². The zero-order valence-corrected chi connectivity index (χ0v) is 13.9. The van der Waals surface area contributed by atoms with Crippen molar-refractivity contribution in [3.63, 3.8) is 0 Å². The van der Waals surface area contributed by atoms with E-state index in [2.05, 4.69) is 15.3 Å². The molecule has 4 rings (SSSR count). The molecule has 26 heavy (non-hydrogen) atoms. The summed E-state index contributed by atoms with van der Waals surface area (Å²) in [6, 6.07) is 22.4. The molecule has 4 aromatic rings. The van der Waals surface area contributed by atoms with Gasteiger partial charge in [-0.1, -0.05) is 36.4 Å². The molecule has 5 heteroatoms. The summed E-state index contributed by atoms with van der Waals surface area (Å²) in [4.78, 5) is 8.23. The number of benzene rings is 3. The second-order valence-electron chi connectivity index (χ2n) is 5.78. The summed E-state index contributed by atoms with van der Waals surface area (Å²) in [5.74, 6) is 0.975. The lowest BCUT2D eigenvalue weighted by molar-refractivity contribution is 0.306. The van der Waals surface area contributed by atoms with Gasteiger partial charge in [-0.05, 0) is 42.0 Å². The number of aromatic nitrogens is 2. The van der Waals surface area contributed by atoms with Gasteiger partial charge in [0.2, 0.25) is 0 Å². The lowest BCUT2D eigenvalue weighted by atomic mass is 10.2. The Morgan fingerprint density at radius 2 is 1.65 bits per heavy atom. The summed E-state index contributed by atoms with van der Waals surface area (Å²) < 4.78 is 19.6. The molecule has 4 nitrogen and oxygen atoms in total. The van der Waals surface area contributed by atoms with Gasteiger partial charge >= 0.3 is 0 Å². The van der Waals surface area contributed by atoms with E-state index in [1.54, 1.807) is 12.1 Å². The van der Waals surface area contributed by atoms with Crippen LogP contribution in [-0.2, 0) is 6.61 Å². The number of hydrogen-bond donors (Lipinski definition) is 1. The first-order chi connectivity index (χ1) is 12.8. The van der Waals surface area contributed by atoms with E-state index in [4.69, 9.17) is 4.74 Å². The van der Waals surface area contributed by atoms with Crippen LogP contribution in [0.25, 0.3) is 10.9 Å². The fraction of sp³-hybridized carbons (Fsp3) is 0.0476. The van der Waals surface area contributed by atoms with Gasteiger partial charge in [0.05, 0.1) is 0 Å². The molecule has 0 fully saturated rings. The Bertz CT molecular complexity index is 1020. The van der Waals surface area contributed by atoms with Crippen LogP contribution in [0.2, 0.25) is 0 Å². The molecule has 0 saturated heterocycles. The third-order valence-corrected chi connectivity index (χ3v) is 3.98. The first-order valence-electron chi connectivity index (χ1n) is 8.23. The van der Waals surface area contributed by atoms with Gasteiger partial charge in [0.25, 0.3) is 0 Å². The van der Waals surface area contributed by atoms with E-state index in [0.717, 1.165) is 17.0 Å². The van der Waals surface area contributed by atoms with Crippen LogP contribution in [0.4, 0.5) is 15.9 Å². The van der Waals surface area contributed by atoms with Crippen molar-refractivity contribution in [2.75, 3.05) is 5.32 Å². The lowest BCUT2D eigenvalue weighted by Gasteiger charge is -2.10. The maximum atomic E-state index is 13.8. The Morgan fingerprint density at radius 3 is 2.46 bits per heavy atom. The Balaban J connectivity index is 1.49. The minimum Gasteiger partial charge on any atom is -0.489 e. The van der Waals surface area contributed by atoms with Gasteiger partial charge in [-0.3, -0.25) is 0 Å². The van der Waals surface area contributed by atoms with Gasteiger partial charge < -0.3 is 10.1 Å². The highest BCUT2D eigenvalue weighted by molar-refractivity contribution is 5.90. The third-order valence-electron chi connectivity index (χ3n) is 3.98. The summed E-state index contributed by atoms with van der Waals surface area (Å²) in [5.41, 5.74) is 2.25. The van der Waals surface area contributed by atoms with Gasteiger partial charge in [0.15, 0.2) is 0 Å². The molecule has 0 spiro atoms. The van der Waals surface area contributed by atoms with Crippen molar-refractivity contribution in [1.82, 2.24) is 9.97 Å². The number of ether oxygens (including phenoxy) is 1. The number of anilines is 2. The molecule has 0 aliphatic heterocycles. The van der Waals surface area contributed by atoms with Gasteiger partial charge in [-0.2, -0.15) is 0 Å². The molecule has 0 aliphatic rings. The van der Waals surface area contributed by atoms with Crippen molar-refractivity contribution in [2.24, 2.45) is 0 Å². The Labute approximate surface area is 150 Å². The SMILES string of the molecule is Fc1cccc2c(Nc3ccc(OCc4ccccc4)cc3)ncnc12. The Hall–Kier alpha value is -3.47. The highest BCUT2D eigenvalue weighted by atomic mass is 19.1. The summed E-state index contributed by atoms with van der Waals surface area (Å²) in [6.07, 6.45) is 1.35. The van der Waals surface area contributed by atoms with Crippen LogP contribution in [0.5, 0.6) is 5.75 Å². The van der Waals surface area contributed by atoms with Gasteiger partial charge in [0.1, 0.15) is 35.8 Å². The molecule has 0 atom stereocenters. The van der Waals surface area contributed by atoms with Gasteiger partial charge in [-0.25, -0.2) is 14.4 Å². The molecule has 1 heterocycles. The number of hydrogen-bond acceptors (Lipinski definition) is 4. The topological polar surface area (TPSA) is 47.0 Å². The molecule has 1 aromatic heterocycles. The quantitative estimate of drug-likeness (QED) is 0.547. The molecule has 3 aromatic carbocycles. The molecule has 0 saturated carbocycles. The minimum absolute atomic E-state index is 0.299. The van der Waals surface area contributed by atoms with E-state index in [9.17, 15) is 4.39 Å². The van der Waals surface area contributed by atoms with Crippen LogP contribution >= 0.6 is 0 Å². The zero-order valence-electron chi connectivity index (χ0n) is 13.9. The molecule has 0 aliphatic carbocycles. The number of halogens is 1. The van der Waals surface area contributed by atoms with Gasteiger partial charge in [-0.15, -0.1) is 0 Å². The molecule has 128 valence electrons. The van der Waals surface area contributed by atoms with Crippen molar-refractivity contribution in [2.45, 2.75) is 6.61 Å². The van der Waals surface area contributed by atoms with Crippen LogP contribution in [0.1, 0.15) is 5.56 Å². The van der Waals surface area contributed by atoms with E-state index >= 15 is 0 Å². The minimum atomic E-state index is -0.363. The highest BCUT2D eigenvalue weighted by Gasteiger charge is 2.07. The molecular formula is C21H16FN3O. The molecule has 0 radical (unpaired) electrons. The summed E-state index contributed by atoms with van der Waals surface area (Å²) in [7, 11) is 0. The third kappa shape index (κ3) is 3.47. The van der Waals surface area contributed by atoms with Crippen LogP contribution in [-0.4, -0.2) is 9.97 Å². The van der Waals surface area contributed by atoms with E-state index < -0.39 is 0 Å². The van der Waals surface area contributed by atoms with Crippen molar-refractivity contribution in [1.29, 1.82) is 0 Å². The van der Waals surface area contributed by atoms with E-state index in [1.807, 2.05) is 54.6 Å². The average Bonchev–Trinajstić information content (AvgIpc) is 2.69.